The van der Waals surface area contributed by atoms with Crippen LogP contribution in [0.3, 0.4) is 0 Å². The Morgan fingerprint density at radius 3 is 1.91 bits per heavy atom. The Balaban J connectivity index is 0.00000245. The second kappa shape index (κ2) is 18.4. The van der Waals surface area contributed by atoms with Gasteiger partial charge in [-0.3, -0.25) is 0 Å². The quantitative estimate of drug-likeness (QED) is 0.0495. The molecule has 0 bridgehead atoms. The fourth-order valence-electron chi connectivity index (χ4n) is 7.31. The van der Waals surface area contributed by atoms with E-state index >= 15 is 0 Å². The molecular weight excluding hydrogens is 669 g/mol. The van der Waals surface area contributed by atoms with Crippen LogP contribution >= 0.6 is 0 Å². The van der Waals surface area contributed by atoms with Crippen LogP contribution in [0.4, 0.5) is 0 Å². The molecule has 0 aromatic heterocycles. The number of hydrogen-bond acceptors (Lipinski definition) is 5. The minimum Gasteiger partial charge on any atom is -0.456 e. The third-order valence-corrected chi connectivity index (χ3v) is 9.86. The van der Waals surface area contributed by atoms with Crippen LogP contribution in [0.15, 0.2) is 133 Å². The van der Waals surface area contributed by atoms with Gasteiger partial charge in [0.05, 0.1) is 10.9 Å². The largest absolute Gasteiger partial charge is 0.456 e. The summed E-state index contributed by atoms with van der Waals surface area (Å²) in [5.74, 6) is 3.03. The van der Waals surface area contributed by atoms with Gasteiger partial charge in [-0.2, -0.15) is 0 Å². The summed E-state index contributed by atoms with van der Waals surface area (Å²) in [7, 11) is 1.00. The van der Waals surface area contributed by atoms with E-state index in [0.717, 1.165) is 90.5 Å². The van der Waals surface area contributed by atoms with E-state index in [1.807, 2.05) is 91.0 Å². The number of benzene rings is 7. The molecule has 0 saturated heterocycles. The molecule has 5 nitrogen and oxygen atoms in total. The molecule has 0 saturated carbocycles. The Bertz CT molecular complexity index is 2300. The van der Waals surface area contributed by atoms with E-state index in [1.165, 1.54) is 16.5 Å². The number of ether oxygens (including phenoxy) is 3. The second-order valence-corrected chi connectivity index (χ2v) is 13.6. The van der Waals surface area contributed by atoms with Crippen molar-refractivity contribution in [1.29, 1.82) is 0 Å². The van der Waals surface area contributed by atoms with Crippen molar-refractivity contribution in [2.75, 3.05) is 7.11 Å². The van der Waals surface area contributed by atoms with Gasteiger partial charge < -0.3 is 19.3 Å². The molecule has 1 N–H and O–H groups in total. The third kappa shape index (κ3) is 8.27. The first-order valence-corrected chi connectivity index (χ1v) is 19.2. The Morgan fingerprint density at radius 1 is 0.630 bits per heavy atom. The van der Waals surface area contributed by atoms with E-state index in [4.69, 9.17) is 19.3 Å². The molecule has 5 heteroatoms. The lowest BCUT2D eigenvalue weighted by Gasteiger charge is -2.26. The van der Waals surface area contributed by atoms with Crippen molar-refractivity contribution < 1.29 is 24.1 Å². The van der Waals surface area contributed by atoms with Crippen LogP contribution in [0.5, 0.6) is 28.7 Å². The zero-order valence-corrected chi connectivity index (χ0v) is 31.8. The van der Waals surface area contributed by atoms with Crippen LogP contribution in [0.25, 0.3) is 32.3 Å². The van der Waals surface area contributed by atoms with Gasteiger partial charge in [-0.05, 0) is 103 Å². The molecule has 0 radical (unpaired) electrons. The summed E-state index contributed by atoms with van der Waals surface area (Å²) < 4.78 is 20.5. The van der Waals surface area contributed by atoms with E-state index in [-0.39, 0.29) is 0 Å². The second-order valence-electron chi connectivity index (χ2n) is 13.6. The molecule has 0 aliphatic rings. The van der Waals surface area contributed by atoms with Crippen LogP contribution in [0.2, 0.25) is 0 Å². The highest BCUT2D eigenvalue weighted by atomic mass is 16.6. The van der Waals surface area contributed by atoms with Crippen molar-refractivity contribution in [3.8, 4) is 28.7 Å². The SMILES string of the molecule is CCC=CC(C)CCCc1c(CCCC)c2ccc3cccc4c(OC(=O)c5ccccc5)c(Oc5ccccc5)c(c1Oc1ccccc1)c2c34.CO. The first-order chi connectivity index (χ1) is 26.6. The number of hydrogen-bond donors (Lipinski definition) is 1. The minimum atomic E-state index is -0.447. The van der Waals surface area contributed by atoms with Crippen molar-refractivity contribution in [3.63, 3.8) is 0 Å². The molecule has 276 valence electrons. The zero-order valence-electron chi connectivity index (χ0n) is 31.8. The molecule has 7 aromatic carbocycles. The van der Waals surface area contributed by atoms with Crippen molar-refractivity contribution in [2.45, 2.75) is 65.7 Å². The summed E-state index contributed by atoms with van der Waals surface area (Å²) in [6.07, 6.45) is 11.6. The number of carbonyl (C=O) groups excluding carboxylic acids is 1. The Hall–Kier alpha value is -5.65. The Kier molecular flexibility index (Phi) is 13.0. The predicted octanol–water partition coefficient (Wildman–Crippen LogP) is 13.3. The number of aryl methyl sites for hydroxylation is 1. The molecular formula is C49H50O5. The molecule has 0 amide bonds. The molecule has 1 unspecified atom stereocenters. The van der Waals surface area contributed by atoms with Gasteiger partial charge in [-0.15, -0.1) is 0 Å². The van der Waals surface area contributed by atoms with Gasteiger partial charge in [-0.25, -0.2) is 4.79 Å². The molecule has 0 aliphatic heterocycles. The molecule has 0 fully saturated rings. The van der Waals surface area contributed by atoms with Crippen LogP contribution in [0.1, 0.15) is 74.4 Å². The maximum Gasteiger partial charge on any atom is 0.343 e. The molecule has 7 rings (SSSR count). The van der Waals surface area contributed by atoms with Gasteiger partial charge in [0.25, 0.3) is 0 Å². The Labute approximate surface area is 319 Å². The maximum absolute atomic E-state index is 13.9. The average Bonchev–Trinajstić information content (AvgIpc) is 3.22. The highest BCUT2D eigenvalue weighted by molar-refractivity contribution is 6.29. The van der Waals surface area contributed by atoms with Crippen molar-refractivity contribution in [2.24, 2.45) is 5.92 Å². The molecule has 7 aromatic rings. The van der Waals surface area contributed by atoms with Crippen LogP contribution in [-0.2, 0) is 12.8 Å². The highest BCUT2D eigenvalue weighted by Crippen LogP contribution is 2.55. The number of para-hydroxylation sites is 2. The number of aliphatic hydroxyl groups is 1. The normalized spacial score (nSPS) is 11.9. The van der Waals surface area contributed by atoms with E-state index in [1.54, 1.807) is 12.1 Å². The molecule has 0 heterocycles. The molecule has 0 aliphatic carbocycles. The molecule has 0 spiro atoms. The zero-order chi connectivity index (χ0) is 37.9. The third-order valence-electron chi connectivity index (χ3n) is 9.86. The van der Waals surface area contributed by atoms with E-state index < -0.39 is 5.97 Å². The summed E-state index contributed by atoms with van der Waals surface area (Å²) in [5, 5.41) is 13.0. The average molecular weight is 719 g/mol. The summed E-state index contributed by atoms with van der Waals surface area (Å²) >= 11 is 0. The number of esters is 1. The van der Waals surface area contributed by atoms with Crippen LogP contribution in [-0.4, -0.2) is 18.2 Å². The van der Waals surface area contributed by atoms with Crippen molar-refractivity contribution in [3.05, 3.63) is 150 Å². The van der Waals surface area contributed by atoms with Gasteiger partial charge in [-0.1, -0.05) is 124 Å². The van der Waals surface area contributed by atoms with Gasteiger partial charge in [0.15, 0.2) is 11.5 Å². The monoisotopic (exact) mass is 718 g/mol. The highest BCUT2D eigenvalue weighted by Gasteiger charge is 2.30. The van der Waals surface area contributed by atoms with Crippen LogP contribution in [0, 0.1) is 5.92 Å². The fraction of sp³-hybridized carbons (Fsp3) is 0.245. The fourth-order valence-corrected chi connectivity index (χ4v) is 7.31. The maximum atomic E-state index is 13.9. The molecule has 1 atom stereocenters. The number of allylic oxidation sites excluding steroid dienone is 2. The lowest BCUT2D eigenvalue weighted by Crippen LogP contribution is -2.10. The lowest BCUT2D eigenvalue weighted by atomic mass is 9.84. The van der Waals surface area contributed by atoms with Gasteiger partial charge in [0.1, 0.15) is 17.2 Å². The Morgan fingerprint density at radius 2 is 1.26 bits per heavy atom. The van der Waals surface area contributed by atoms with E-state index in [2.05, 4.69) is 51.1 Å². The lowest BCUT2D eigenvalue weighted by molar-refractivity contribution is 0.0733. The van der Waals surface area contributed by atoms with E-state index in [0.29, 0.717) is 28.7 Å². The van der Waals surface area contributed by atoms with Gasteiger partial charge >= 0.3 is 5.97 Å². The topological polar surface area (TPSA) is 65.0 Å². The van der Waals surface area contributed by atoms with Crippen molar-refractivity contribution >= 4 is 38.3 Å². The number of rotatable bonds is 15. The van der Waals surface area contributed by atoms with Gasteiger partial charge in [0.2, 0.25) is 0 Å². The summed E-state index contributed by atoms with van der Waals surface area (Å²) in [6, 6.07) is 39.5. The minimum absolute atomic E-state index is 0.381. The van der Waals surface area contributed by atoms with Crippen molar-refractivity contribution in [1.82, 2.24) is 0 Å². The summed E-state index contributed by atoms with van der Waals surface area (Å²) in [6.45, 7) is 6.73. The number of carbonyl (C=O) groups is 1. The van der Waals surface area contributed by atoms with Gasteiger partial charge in [0, 0.05) is 23.3 Å². The first kappa shape index (κ1) is 38.1. The predicted molar refractivity (Wildman–Crippen MR) is 223 cm³/mol. The summed E-state index contributed by atoms with van der Waals surface area (Å²) in [4.78, 5) is 13.9. The smallest absolute Gasteiger partial charge is 0.343 e. The van der Waals surface area contributed by atoms with Crippen LogP contribution < -0.4 is 14.2 Å². The summed E-state index contributed by atoms with van der Waals surface area (Å²) in [5.41, 5.74) is 2.98. The standard InChI is InChI=1S/C48H46O4.CH4O/c1-4-6-19-33(3)20-17-29-40-38(28-7-5-2)39-32-31-34-23-18-30-41-42(34)43(39)44(45(40)50-36-24-13-9-14-25-36)47(51-37-26-15-10-16-27-37)46(41)52-48(49)35-21-11-8-12-22-35;1-2/h6,8-16,18-19,21-27,30-33H,4-5,7,17,20,28-29H2,1-3H3;2H,1H3. The first-order valence-electron chi connectivity index (χ1n) is 19.2. The molecule has 54 heavy (non-hydrogen) atoms. The van der Waals surface area contributed by atoms with E-state index in [9.17, 15) is 4.79 Å². The number of unbranched alkanes of at least 4 members (excludes halogenated alkanes) is 1. The number of aliphatic hydroxyl groups excluding tert-OH is 1.